The summed E-state index contributed by atoms with van der Waals surface area (Å²) in [6, 6.07) is 11.9. The van der Waals surface area contributed by atoms with Gasteiger partial charge in [0.1, 0.15) is 5.75 Å². The summed E-state index contributed by atoms with van der Waals surface area (Å²) >= 11 is 5.23. The third kappa shape index (κ3) is 3.69. The number of H-pyrrole nitrogens is 1. The van der Waals surface area contributed by atoms with Gasteiger partial charge in [0.05, 0.1) is 12.8 Å². The maximum atomic E-state index is 9.55. The summed E-state index contributed by atoms with van der Waals surface area (Å²) in [6.45, 7) is 2.49. The van der Waals surface area contributed by atoms with E-state index in [4.69, 9.17) is 17.0 Å². The van der Waals surface area contributed by atoms with Crippen molar-refractivity contribution in [1.29, 1.82) is 0 Å². The van der Waals surface area contributed by atoms with Crippen molar-refractivity contribution in [2.24, 2.45) is 5.10 Å². The average molecular weight is 356 g/mol. The highest BCUT2D eigenvalue weighted by atomic mass is 32.1. The lowest BCUT2D eigenvalue weighted by Gasteiger charge is -2.05. The summed E-state index contributed by atoms with van der Waals surface area (Å²) in [5.74, 6) is 0.855. The molecule has 1 heterocycles. The molecule has 0 atom stereocenters. The second-order valence-corrected chi connectivity index (χ2v) is 5.50. The summed E-state index contributed by atoms with van der Waals surface area (Å²) in [6.07, 6.45) is 1.51. The second-order valence-electron chi connectivity index (χ2n) is 5.12. The van der Waals surface area contributed by atoms with Crippen molar-refractivity contribution in [2.75, 3.05) is 6.61 Å². The van der Waals surface area contributed by atoms with E-state index in [0.717, 1.165) is 11.3 Å². The summed E-state index contributed by atoms with van der Waals surface area (Å²) in [7, 11) is 0. The highest BCUT2D eigenvalue weighted by Crippen LogP contribution is 2.25. The van der Waals surface area contributed by atoms with Crippen molar-refractivity contribution >= 4 is 18.4 Å². The van der Waals surface area contributed by atoms with Crippen LogP contribution in [0.5, 0.6) is 17.2 Å². The average Bonchev–Trinajstić information content (AvgIpc) is 2.97. The molecule has 0 aliphatic rings. The van der Waals surface area contributed by atoms with Gasteiger partial charge in [-0.25, -0.2) is 5.10 Å². The minimum absolute atomic E-state index is 0.189. The van der Waals surface area contributed by atoms with E-state index in [0.29, 0.717) is 22.8 Å². The fraction of sp³-hybridized carbons (Fsp3) is 0.118. The molecule has 0 aliphatic heterocycles. The number of aromatic amines is 1. The Morgan fingerprint density at radius 2 is 2.08 bits per heavy atom. The van der Waals surface area contributed by atoms with Crippen LogP contribution in [0.3, 0.4) is 0 Å². The van der Waals surface area contributed by atoms with Gasteiger partial charge in [0.15, 0.2) is 17.3 Å². The van der Waals surface area contributed by atoms with Gasteiger partial charge in [0.2, 0.25) is 4.77 Å². The molecule has 7 nitrogen and oxygen atoms in total. The molecule has 3 rings (SSSR count). The van der Waals surface area contributed by atoms with Crippen LogP contribution in [0.15, 0.2) is 47.6 Å². The Kier molecular flexibility index (Phi) is 4.80. The SMILES string of the molecule is CCOc1cccc(-c2n[nH]c(=S)n2/N=C\c2ccc(O)c(O)c2)c1. The van der Waals surface area contributed by atoms with Gasteiger partial charge in [0.25, 0.3) is 0 Å². The zero-order valence-corrected chi connectivity index (χ0v) is 14.2. The van der Waals surface area contributed by atoms with Gasteiger partial charge in [-0.15, -0.1) is 0 Å². The van der Waals surface area contributed by atoms with Crippen molar-refractivity contribution in [2.45, 2.75) is 6.92 Å². The molecule has 0 radical (unpaired) electrons. The van der Waals surface area contributed by atoms with E-state index >= 15 is 0 Å². The van der Waals surface area contributed by atoms with Gasteiger partial charge in [-0.3, -0.25) is 0 Å². The Hall–Kier alpha value is -3.13. The smallest absolute Gasteiger partial charge is 0.216 e. The van der Waals surface area contributed by atoms with Gasteiger partial charge < -0.3 is 14.9 Å². The zero-order chi connectivity index (χ0) is 17.8. The molecule has 0 bridgehead atoms. The van der Waals surface area contributed by atoms with E-state index in [9.17, 15) is 10.2 Å². The van der Waals surface area contributed by atoms with Gasteiger partial charge in [-0.2, -0.15) is 14.9 Å². The molecule has 0 spiro atoms. The Balaban J connectivity index is 1.97. The fourth-order valence-corrected chi connectivity index (χ4v) is 2.40. The predicted molar refractivity (Wildman–Crippen MR) is 96.8 cm³/mol. The minimum Gasteiger partial charge on any atom is -0.504 e. The van der Waals surface area contributed by atoms with Gasteiger partial charge in [-0.05, 0) is 55.0 Å². The van der Waals surface area contributed by atoms with Gasteiger partial charge in [-0.1, -0.05) is 12.1 Å². The van der Waals surface area contributed by atoms with Crippen LogP contribution in [0.25, 0.3) is 11.4 Å². The van der Waals surface area contributed by atoms with Crippen LogP contribution < -0.4 is 4.74 Å². The summed E-state index contributed by atoms with van der Waals surface area (Å²) in [5, 5.41) is 30.2. The van der Waals surface area contributed by atoms with Crippen molar-refractivity contribution < 1.29 is 14.9 Å². The van der Waals surface area contributed by atoms with Crippen molar-refractivity contribution in [3.63, 3.8) is 0 Å². The molecular formula is C17H16N4O3S. The third-order valence-electron chi connectivity index (χ3n) is 3.38. The number of phenols is 2. The first-order valence-corrected chi connectivity index (χ1v) is 7.96. The quantitative estimate of drug-likeness (QED) is 0.370. The summed E-state index contributed by atoms with van der Waals surface area (Å²) < 4.78 is 7.31. The number of benzene rings is 2. The number of hydrogen-bond acceptors (Lipinski definition) is 6. The normalized spacial score (nSPS) is 11.1. The highest BCUT2D eigenvalue weighted by Gasteiger charge is 2.09. The number of aromatic hydroxyl groups is 2. The Morgan fingerprint density at radius 3 is 2.84 bits per heavy atom. The largest absolute Gasteiger partial charge is 0.504 e. The molecule has 1 aromatic heterocycles. The summed E-state index contributed by atoms with van der Waals surface area (Å²) in [5.41, 5.74) is 1.40. The number of ether oxygens (including phenoxy) is 1. The van der Waals surface area contributed by atoms with Crippen LogP contribution >= 0.6 is 12.2 Å². The lowest BCUT2D eigenvalue weighted by Crippen LogP contribution is -1.96. The molecule has 25 heavy (non-hydrogen) atoms. The molecule has 8 heteroatoms. The number of rotatable bonds is 5. The lowest BCUT2D eigenvalue weighted by molar-refractivity contribution is 0.340. The first kappa shape index (κ1) is 16.7. The molecule has 0 saturated heterocycles. The Bertz CT molecular complexity index is 978. The second kappa shape index (κ2) is 7.18. The molecule has 0 saturated carbocycles. The van der Waals surface area contributed by atoms with Crippen LogP contribution in [-0.2, 0) is 0 Å². The summed E-state index contributed by atoms with van der Waals surface area (Å²) in [4.78, 5) is 0. The Morgan fingerprint density at radius 1 is 1.24 bits per heavy atom. The number of aromatic nitrogens is 3. The van der Waals surface area contributed by atoms with E-state index in [1.165, 1.54) is 23.0 Å². The molecule has 0 amide bonds. The number of nitrogens with one attached hydrogen (secondary N) is 1. The third-order valence-corrected chi connectivity index (χ3v) is 3.64. The van der Waals surface area contributed by atoms with Crippen LogP contribution in [0, 0.1) is 4.77 Å². The molecule has 0 unspecified atom stereocenters. The van der Waals surface area contributed by atoms with Crippen LogP contribution in [-0.4, -0.2) is 37.9 Å². The van der Waals surface area contributed by atoms with E-state index < -0.39 is 0 Å². The number of nitrogens with zero attached hydrogens (tertiary/aromatic N) is 3. The first-order chi connectivity index (χ1) is 12.1. The van der Waals surface area contributed by atoms with E-state index in [1.807, 2.05) is 31.2 Å². The minimum atomic E-state index is -0.218. The van der Waals surface area contributed by atoms with Crippen LogP contribution in [0.2, 0.25) is 0 Å². The van der Waals surface area contributed by atoms with Gasteiger partial charge >= 0.3 is 0 Å². The molecule has 3 N–H and O–H groups in total. The number of hydrogen-bond donors (Lipinski definition) is 3. The fourth-order valence-electron chi connectivity index (χ4n) is 2.22. The van der Waals surface area contributed by atoms with Crippen molar-refractivity contribution in [3.05, 3.63) is 52.8 Å². The monoisotopic (exact) mass is 356 g/mol. The van der Waals surface area contributed by atoms with E-state index in [2.05, 4.69) is 15.3 Å². The molecule has 0 aliphatic carbocycles. The van der Waals surface area contributed by atoms with Crippen molar-refractivity contribution in [3.8, 4) is 28.6 Å². The molecule has 3 aromatic rings. The standard InChI is InChI=1S/C17H16N4O3S/c1-2-24-13-5-3-4-12(9-13)16-19-20-17(25)21(16)18-10-11-6-7-14(22)15(23)8-11/h3-10,22-23H,2H2,1H3,(H,20,25)/b18-10-. The maximum absolute atomic E-state index is 9.55. The lowest BCUT2D eigenvalue weighted by atomic mass is 10.2. The zero-order valence-electron chi connectivity index (χ0n) is 13.4. The maximum Gasteiger partial charge on any atom is 0.216 e. The molecular weight excluding hydrogens is 340 g/mol. The first-order valence-electron chi connectivity index (χ1n) is 7.55. The molecule has 2 aromatic carbocycles. The number of phenolic OH excluding ortho intramolecular Hbond substituents is 2. The molecule has 128 valence electrons. The highest BCUT2D eigenvalue weighted by molar-refractivity contribution is 7.71. The van der Waals surface area contributed by atoms with Crippen LogP contribution in [0.4, 0.5) is 0 Å². The van der Waals surface area contributed by atoms with E-state index in [1.54, 1.807) is 6.07 Å². The van der Waals surface area contributed by atoms with Gasteiger partial charge in [0, 0.05) is 5.56 Å². The topological polar surface area (TPSA) is 95.7 Å². The Labute approximate surface area is 148 Å². The van der Waals surface area contributed by atoms with Crippen molar-refractivity contribution in [1.82, 2.24) is 14.9 Å². The van der Waals surface area contributed by atoms with E-state index in [-0.39, 0.29) is 11.5 Å². The van der Waals surface area contributed by atoms with Crippen LogP contribution in [0.1, 0.15) is 12.5 Å². The predicted octanol–water partition coefficient (Wildman–Crippen LogP) is 3.30. The molecule has 0 fully saturated rings.